The van der Waals surface area contributed by atoms with E-state index in [1.165, 1.54) is 17.8 Å². The number of piperidine rings is 2. The molecule has 0 spiro atoms. The summed E-state index contributed by atoms with van der Waals surface area (Å²) in [5.74, 6) is 0.164. The summed E-state index contributed by atoms with van der Waals surface area (Å²) in [6.45, 7) is 4.70. The lowest BCUT2D eigenvalue weighted by Crippen LogP contribution is -2.54. The number of piperazine rings is 1. The van der Waals surface area contributed by atoms with Gasteiger partial charge in [0.25, 0.3) is 17.7 Å². The third-order valence-corrected chi connectivity index (χ3v) is 13.4. The van der Waals surface area contributed by atoms with Crippen molar-refractivity contribution in [1.82, 2.24) is 35.3 Å². The van der Waals surface area contributed by atoms with E-state index in [-0.39, 0.29) is 36.1 Å². The fourth-order valence-electron chi connectivity index (χ4n) is 8.64. The smallest absolute Gasteiger partial charge is 0.263 e. The second-order valence-corrected chi connectivity index (χ2v) is 17.7. The summed E-state index contributed by atoms with van der Waals surface area (Å²) < 4.78 is 0. The average Bonchev–Trinajstić information content (AvgIpc) is 3.56. The van der Waals surface area contributed by atoms with E-state index in [4.69, 9.17) is 0 Å². The number of nitrogens with one attached hydrogen (secondary N) is 2. The number of hydrogen-bond acceptors (Lipinski definition) is 11. The number of carbonyl (C=O) groups excluding carboxylic acids is 7. The third-order valence-electron chi connectivity index (χ3n) is 12.3. The Morgan fingerprint density at radius 3 is 2.37 bits per heavy atom. The number of unbranched alkanes of at least 4 members (excludes halogenated alkanes) is 4. The first-order chi connectivity index (χ1) is 30.7. The lowest BCUT2D eigenvalue weighted by Gasteiger charge is -2.35. The van der Waals surface area contributed by atoms with E-state index in [1.54, 1.807) is 36.8 Å². The SMILES string of the molecule is O=C(/C=C/c1cccnc1)NCCCCC1CCN(C(=O)c2ccc(N3CCN(C(=O)CCCCCCSc4cccc5c4C(=O)N(C4CCC(=O)NC4=O)C5=O)CC3)nc2)CC1. The monoisotopic (exact) mass is 876 g/mol. The lowest BCUT2D eigenvalue weighted by atomic mass is 9.91. The molecule has 6 heterocycles. The number of pyridine rings is 2. The minimum absolute atomic E-state index is 0.0114. The molecule has 15 nitrogen and oxygen atoms in total. The van der Waals surface area contributed by atoms with Gasteiger partial charge in [-0.05, 0) is 92.2 Å². The molecule has 4 aliphatic heterocycles. The number of amides is 7. The van der Waals surface area contributed by atoms with Crippen LogP contribution in [0.2, 0.25) is 0 Å². The van der Waals surface area contributed by atoms with Crippen molar-refractivity contribution in [2.75, 3.05) is 56.5 Å². The number of carbonyl (C=O) groups is 7. The summed E-state index contributed by atoms with van der Waals surface area (Å²) >= 11 is 1.51. The van der Waals surface area contributed by atoms with Crippen LogP contribution < -0.4 is 15.5 Å². The highest BCUT2D eigenvalue weighted by Gasteiger charge is 2.45. The predicted molar refractivity (Wildman–Crippen MR) is 239 cm³/mol. The Kier molecular flexibility index (Phi) is 15.7. The maximum Gasteiger partial charge on any atom is 0.263 e. The number of hydrogen-bond donors (Lipinski definition) is 2. The maximum atomic E-state index is 13.3. The molecule has 2 aromatic heterocycles. The summed E-state index contributed by atoms with van der Waals surface area (Å²) in [6, 6.07) is 11.7. The molecular weight excluding hydrogens is 821 g/mol. The molecule has 63 heavy (non-hydrogen) atoms. The lowest BCUT2D eigenvalue weighted by molar-refractivity contribution is -0.136. The zero-order chi connectivity index (χ0) is 44.1. The molecule has 1 aromatic carbocycles. The molecule has 3 aromatic rings. The molecule has 16 heteroatoms. The number of aromatic nitrogens is 2. The van der Waals surface area contributed by atoms with E-state index in [1.807, 2.05) is 40.1 Å². The van der Waals surface area contributed by atoms with Crippen molar-refractivity contribution in [2.24, 2.45) is 5.92 Å². The van der Waals surface area contributed by atoms with Crippen molar-refractivity contribution >= 4 is 65.0 Å². The van der Waals surface area contributed by atoms with Crippen LogP contribution in [-0.2, 0) is 19.2 Å². The van der Waals surface area contributed by atoms with Crippen molar-refractivity contribution in [3.63, 3.8) is 0 Å². The van der Waals surface area contributed by atoms with Gasteiger partial charge < -0.3 is 20.0 Å². The zero-order valence-corrected chi connectivity index (χ0v) is 36.5. The second kappa shape index (κ2) is 21.9. The van der Waals surface area contributed by atoms with Gasteiger partial charge in [0.1, 0.15) is 11.9 Å². The molecule has 3 saturated heterocycles. The molecule has 7 rings (SSSR count). The fourth-order valence-corrected chi connectivity index (χ4v) is 9.73. The van der Waals surface area contributed by atoms with E-state index < -0.39 is 29.7 Å². The molecular formula is C47H56N8O7S. The normalized spacial score (nSPS) is 18.3. The Morgan fingerprint density at radius 1 is 0.810 bits per heavy atom. The van der Waals surface area contributed by atoms with E-state index in [2.05, 4.69) is 25.5 Å². The Labute approximate surface area is 372 Å². The molecule has 1 unspecified atom stereocenters. The van der Waals surface area contributed by atoms with Crippen LogP contribution in [0.4, 0.5) is 5.82 Å². The van der Waals surface area contributed by atoms with Gasteiger partial charge in [0.15, 0.2) is 0 Å². The van der Waals surface area contributed by atoms with E-state index in [0.717, 1.165) is 92.9 Å². The van der Waals surface area contributed by atoms with Crippen molar-refractivity contribution in [2.45, 2.75) is 88.0 Å². The van der Waals surface area contributed by atoms with Gasteiger partial charge in [0.2, 0.25) is 23.6 Å². The first kappa shape index (κ1) is 45.1. The van der Waals surface area contributed by atoms with Gasteiger partial charge in [0.05, 0.1) is 16.7 Å². The topological polar surface area (TPSA) is 182 Å². The zero-order valence-electron chi connectivity index (χ0n) is 35.7. The highest BCUT2D eigenvalue weighted by Crippen LogP contribution is 2.35. The van der Waals surface area contributed by atoms with E-state index in [9.17, 15) is 33.6 Å². The molecule has 0 aliphatic carbocycles. The number of rotatable bonds is 18. The van der Waals surface area contributed by atoms with Gasteiger partial charge in [0, 0.05) is 88.2 Å². The number of anilines is 1. The Morgan fingerprint density at radius 2 is 1.62 bits per heavy atom. The summed E-state index contributed by atoms with van der Waals surface area (Å²) in [5.41, 5.74) is 2.09. The molecule has 332 valence electrons. The molecule has 4 aliphatic rings. The summed E-state index contributed by atoms with van der Waals surface area (Å²) in [4.78, 5) is 105. The first-order valence-electron chi connectivity index (χ1n) is 22.3. The summed E-state index contributed by atoms with van der Waals surface area (Å²) in [6.07, 6.45) is 17.6. The molecule has 3 fully saturated rings. The van der Waals surface area contributed by atoms with Gasteiger partial charge in [-0.15, -0.1) is 11.8 Å². The number of benzene rings is 1. The Balaban J connectivity index is 0.734. The van der Waals surface area contributed by atoms with Crippen molar-refractivity contribution in [3.05, 3.63) is 89.4 Å². The van der Waals surface area contributed by atoms with Gasteiger partial charge >= 0.3 is 0 Å². The molecule has 1 atom stereocenters. The van der Waals surface area contributed by atoms with Gasteiger partial charge in [-0.1, -0.05) is 37.8 Å². The van der Waals surface area contributed by atoms with Gasteiger partial charge in [-0.25, -0.2) is 4.98 Å². The van der Waals surface area contributed by atoms with Crippen LogP contribution in [0.1, 0.15) is 114 Å². The van der Waals surface area contributed by atoms with Crippen molar-refractivity contribution in [3.8, 4) is 0 Å². The second-order valence-electron chi connectivity index (χ2n) is 16.6. The van der Waals surface area contributed by atoms with Crippen LogP contribution in [0.25, 0.3) is 6.08 Å². The quantitative estimate of drug-likeness (QED) is 0.0749. The average molecular weight is 877 g/mol. The third kappa shape index (κ3) is 11.8. The largest absolute Gasteiger partial charge is 0.353 e. The van der Waals surface area contributed by atoms with Gasteiger partial charge in [-0.3, -0.25) is 48.8 Å². The molecule has 7 amide bonds. The highest BCUT2D eigenvalue weighted by atomic mass is 32.2. The van der Waals surface area contributed by atoms with Crippen LogP contribution in [-0.4, -0.2) is 124 Å². The fraction of sp³-hybridized carbons (Fsp3) is 0.468. The van der Waals surface area contributed by atoms with Crippen LogP contribution >= 0.6 is 11.8 Å². The minimum atomic E-state index is -0.988. The van der Waals surface area contributed by atoms with Crippen LogP contribution in [0.3, 0.4) is 0 Å². The van der Waals surface area contributed by atoms with Crippen molar-refractivity contribution < 1.29 is 33.6 Å². The van der Waals surface area contributed by atoms with Crippen LogP contribution in [0.15, 0.2) is 72.0 Å². The number of thioether (sulfide) groups is 1. The highest BCUT2D eigenvalue weighted by molar-refractivity contribution is 7.99. The molecule has 0 saturated carbocycles. The molecule has 2 N–H and O–H groups in total. The number of imide groups is 2. The molecule has 0 radical (unpaired) electrons. The van der Waals surface area contributed by atoms with Crippen molar-refractivity contribution in [1.29, 1.82) is 0 Å². The number of likely N-dealkylation sites (tertiary alicyclic amines) is 1. The van der Waals surface area contributed by atoms with E-state index in [0.29, 0.717) is 61.1 Å². The Hall–Kier alpha value is -5.90. The standard InChI is InChI=1S/C47H56N8O7S/c56-40(18-14-34-10-8-22-48-31-34)49-23-5-4-9-33-20-24-54(25-21-33)45(60)35-15-17-39(50-32-35)52-26-28-53(29-27-52)42(58)13-3-1-2-6-30-63-38-12-7-11-36-43(38)47(62)55(46(36)61)37-16-19-41(57)51-44(37)59/h7-8,10-12,14-15,17-18,22,31-33,37H,1-6,9,13,16,19-21,23-30H2,(H,49,56)(H,51,57,59)/b18-14+. The van der Waals surface area contributed by atoms with Crippen LogP contribution in [0, 0.1) is 5.92 Å². The predicted octanol–water partition coefficient (Wildman–Crippen LogP) is 5.12. The van der Waals surface area contributed by atoms with Crippen LogP contribution in [0.5, 0.6) is 0 Å². The summed E-state index contributed by atoms with van der Waals surface area (Å²) in [7, 11) is 0. The summed E-state index contributed by atoms with van der Waals surface area (Å²) in [5, 5.41) is 5.17. The Bertz CT molecular complexity index is 2170. The first-order valence-corrected chi connectivity index (χ1v) is 23.3. The molecule has 0 bridgehead atoms. The number of nitrogens with zero attached hydrogens (tertiary/aromatic N) is 6. The minimum Gasteiger partial charge on any atom is -0.353 e. The van der Waals surface area contributed by atoms with E-state index >= 15 is 0 Å². The van der Waals surface area contributed by atoms with Gasteiger partial charge in [-0.2, -0.15) is 0 Å². The number of fused-ring (bicyclic) bond motifs is 1. The maximum absolute atomic E-state index is 13.3.